The second-order valence-corrected chi connectivity index (χ2v) is 5.98. The van der Waals surface area contributed by atoms with Gasteiger partial charge < -0.3 is 38.7 Å². The van der Waals surface area contributed by atoms with Gasteiger partial charge in [-0.05, 0) is 45.6 Å². The van der Waals surface area contributed by atoms with Crippen LogP contribution < -0.4 is 33.6 Å². The first kappa shape index (κ1) is 27.3. The third-order valence-electron chi connectivity index (χ3n) is 3.55. The van der Waals surface area contributed by atoms with Crippen LogP contribution in [0.5, 0.6) is 0 Å². The number of rotatable bonds is 13. The molecule has 12 heteroatoms. The number of unbranched alkanes of at least 4 members (excludes halogenated alkanes) is 1. The number of carboxylic acid groups (broad SMARTS) is 1. The van der Waals surface area contributed by atoms with Crippen LogP contribution in [0.25, 0.3) is 0 Å². The minimum atomic E-state index is -1.15. The van der Waals surface area contributed by atoms with Crippen LogP contribution in [0.3, 0.4) is 0 Å². The summed E-state index contributed by atoms with van der Waals surface area (Å²) in [6.45, 7) is 2.20. The molecule has 0 aromatic carbocycles. The molecule has 11 nitrogen and oxygen atoms in total. The predicted octanol–water partition coefficient (Wildman–Crippen LogP) is -2.43. The quantitative estimate of drug-likeness (QED) is 0.0711. The van der Waals surface area contributed by atoms with Crippen molar-refractivity contribution in [3.05, 3.63) is 0 Å². The van der Waals surface area contributed by atoms with Gasteiger partial charge in [-0.1, -0.05) is 0 Å². The van der Waals surface area contributed by atoms with E-state index in [9.17, 15) is 19.5 Å². The maximum atomic E-state index is 12.4. The van der Waals surface area contributed by atoms with Crippen molar-refractivity contribution in [2.75, 3.05) is 13.1 Å². The van der Waals surface area contributed by atoms with E-state index in [-0.39, 0.29) is 42.4 Å². The molecular formula is C15H31CuN7O4. The van der Waals surface area contributed by atoms with E-state index in [0.717, 1.165) is 0 Å². The van der Waals surface area contributed by atoms with Crippen LogP contribution in [0.1, 0.15) is 39.0 Å². The molecule has 3 unspecified atom stereocenters. The van der Waals surface area contributed by atoms with Crippen molar-refractivity contribution in [2.24, 2.45) is 27.9 Å². The zero-order valence-electron chi connectivity index (χ0n) is 15.4. The number of nitrogens with one attached hydrogen (secondary N) is 2. The van der Waals surface area contributed by atoms with Gasteiger partial charge in [0.05, 0.1) is 6.04 Å². The summed E-state index contributed by atoms with van der Waals surface area (Å²) in [4.78, 5) is 39.4. The third-order valence-corrected chi connectivity index (χ3v) is 3.55. The number of carboxylic acids is 1. The van der Waals surface area contributed by atoms with E-state index in [1.54, 1.807) is 0 Å². The third kappa shape index (κ3) is 13.0. The summed E-state index contributed by atoms with van der Waals surface area (Å²) < 4.78 is 0. The smallest absolute Gasteiger partial charge is 0.326 e. The zero-order chi connectivity index (χ0) is 20.1. The minimum absolute atomic E-state index is 0. The molecule has 161 valence electrons. The Morgan fingerprint density at radius 1 is 1.00 bits per heavy atom. The molecule has 0 rings (SSSR count). The number of guanidine groups is 1. The summed E-state index contributed by atoms with van der Waals surface area (Å²) in [7, 11) is 0. The molecule has 0 bridgehead atoms. The Kier molecular flexibility index (Phi) is 15.4. The van der Waals surface area contributed by atoms with Crippen LogP contribution in [0.4, 0.5) is 0 Å². The Bertz CT molecular complexity index is 499. The Balaban J connectivity index is 0. The molecule has 0 fully saturated rings. The molecule has 0 spiro atoms. The summed E-state index contributed by atoms with van der Waals surface area (Å²) in [6.07, 6.45) is 2.12. The van der Waals surface area contributed by atoms with Crippen molar-refractivity contribution in [2.45, 2.75) is 57.2 Å². The summed E-state index contributed by atoms with van der Waals surface area (Å²) in [5.74, 6) is -2.32. The van der Waals surface area contributed by atoms with Gasteiger partial charge in [0, 0.05) is 23.6 Å². The number of hydrogen-bond acceptors (Lipinski definition) is 6. The summed E-state index contributed by atoms with van der Waals surface area (Å²) in [5.41, 5.74) is 21.4. The average Bonchev–Trinajstić information content (AvgIpc) is 2.55. The number of nitrogens with two attached hydrogens (primary N) is 4. The normalized spacial score (nSPS) is 13.4. The second kappa shape index (κ2) is 15.2. The molecule has 11 N–H and O–H groups in total. The molecule has 0 saturated heterocycles. The Morgan fingerprint density at radius 3 is 2.04 bits per heavy atom. The monoisotopic (exact) mass is 436 g/mol. The SMILES string of the molecule is CC(N)C(=O)NC(CCCN=C(N)N)C(=O)NC(CCCCN)C(=O)O.[Cu]. The summed E-state index contributed by atoms with van der Waals surface area (Å²) in [6, 6.07) is -2.79. The maximum Gasteiger partial charge on any atom is 0.326 e. The van der Waals surface area contributed by atoms with Gasteiger partial charge in [-0.15, -0.1) is 0 Å². The van der Waals surface area contributed by atoms with Gasteiger partial charge in [-0.25, -0.2) is 4.79 Å². The molecule has 2 amide bonds. The molecule has 0 aromatic rings. The average molecular weight is 437 g/mol. The number of carbonyl (C=O) groups excluding carboxylic acids is 2. The van der Waals surface area contributed by atoms with Crippen molar-refractivity contribution < 1.29 is 36.6 Å². The molecule has 0 heterocycles. The van der Waals surface area contributed by atoms with Crippen molar-refractivity contribution in [1.29, 1.82) is 0 Å². The van der Waals surface area contributed by atoms with Gasteiger partial charge in [0.2, 0.25) is 11.8 Å². The maximum absolute atomic E-state index is 12.4. The molecular weight excluding hydrogens is 406 g/mol. The van der Waals surface area contributed by atoms with Crippen molar-refractivity contribution in [3.63, 3.8) is 0 Å². The van der Waals surface area contributed by atoms with Gasteiger partial charge in [-0.2, -0.15) is 0 Å². The van der Waals surface area contributed by atoms with Gasteiger partial charge in [0.1, 0.15) is 12.1 Å². The second-order valence-electron chi connectivity index (χ2n) is 5.98. The first-order chi connectivity index (χ1) is 12.2. The van der Waals surface area contributed by atoms with Crippen LogP contribution in [0.2, 0.25) is 0 Å². The fourth-order valence-corrected chi connectivity index (χ4v) is 2.10. The van der Waals surface area contributed by atoms with Crippen LogP contribution in [0, 0.1) is 0 Å². The van der Waals surface area contributed by atoms with Gasteiger partial charge >= 0.3 is 5.97 Å². The first-order valence-electron chi connectivity index (χ1n) is 8.53. The fourth-order valence-electron chi connectivity index (χ4n) is 2.10. The summed E-state index contributed by atoms with van der Waals surface area (Å²) >= 11 is 0. The molecule has 1 radical (unpaired) electrons. The molecule has 0 aromatic heterocycles. The molecule has 27 heavy (non-hydrogen) atoms. The fraction of sp³-hybridized carbons (Fsp3) is 0.733. The predicted molar refractivity (Wildman–Crippen MR) is 98.0 cm³/mol. The van der Waals surface area contributed by atoms with Crippen molar-refractivity contribution >= 4 is 23.7 Å². The zero-order valence-corrected chi connectivity index (χ0v) is 16.4. The van der Waals surface area contributed by atoms with Crippen LogP contribution in [0.15, 0.2) is 4.99 Å². The van der Waals surface area contributed by atoms with E-state index in [2.05, 4.69) is 15.6 Å². The molecule has 0 aliphatic carbocycles. The van der Waals surface area contributed by atoms with Crippen molar-refractivity contribution in [3.8, 4) is 0 Å². The van der Waals surface area contributed by atoms with Crippen LogP contribution >= 0.6 is 0 Å². The van der Waals surface area contributed by atoms with Gasteiger partial charge in [0.25, 0.3) is 0 Å². The Morgan fingerprint density at radius 2 is 1.56 bits per heavy atom. The Hall–Kier alpha value is -1.88. The molecule has 0 aliphatic rings. The Labute approximate surface area is 169 Å². The van der Waals surface area contributed by atoms with Crippen molar-refractivity contribution in [1.82, 2.24) is 10.6 Å². The van der Waals surface area contributed by atoms with E-state index < -0.39 is 35.9 Å². The molecule has 0 aliphatic heterocycles. The number of amides is 2. The first-order valence-corrected chi connectivity index (χ1v) is 8.53. The number of carbonyl (C=O) groups is 3. The number of hydrogen-bond donors (Lipinski definition) is 7. The van der Waals surface area contributed by atoms with Crippen LogP contribution in [-0.2, 0) is 31.5 Å². The molecule has 0 saturated carbocycles. The van der Waals surface area contributed by atoms with Gasteiger partial charge in [0.15, 0.2) is 5.96 Å². The number of aliphatic imine (C=N–C) groups is 1. The number of aliphatic carboxylic acids is 1. The topological polar surface area (TPSA) is 212 Å². The number of nitrogens with zero attached hydrogens (tertiary/aromatic N) is 1. The van der Waals surface area contributed by atoms with E-state index in [4.69, 9.17) is 22.9 Å². The van der Waals surface area contributed by atoms with Crippen LogP contribution in [-0.4, -0.2) is 60.1 Å². The minimum Gasteiger partial charge on any atom is -0.480 e. The largest absolute Gasteiger partial charge is 0.480 e. The summed E-state index contributed by atoms with van der Waals surface area (Å²) in [5, 5.41) is 14.2. The van der Waals surface area contributed by atoms with E-state index in [1.165, 1.54) is 6.92 Å². The van der Waals surface area contributed by atoms with E-state index in [0.29, 0.717) is 25.8 Å². The standard InChI is InChI=1S/C15H31N7O4.Cu/c1-9(17)12(23)21-10(6-4-8-20-15(18)19)13(24)22-11(14(25)26)5-2-3-7-16;/h9-11H,2-8,16-17H2,1H3,(H,21,23)(H,22,24)(H,25,26)(H4,18,19,20);. The van der Waals surface area contributed by atoms with E-state index in [1.807, 2.05) is 0 Å². The van der Waals surface area contributed by atoms with Gasteiger partial charge in [-0.3, -0.25) is 14.6 Å². The molecule has 3 atom stereocenters. The van der Waals surface area contributed by atoms with E-state index >= 15 is 0 Å².